The second kappa shape index (κ2) is 8.48. The van der Waals surface area contributed by atoms with E-state index in [4.69, 9.17) is 0 Å². The lowest BCUT2D eigenvalue weighted by Gasteiger charge is -2.33. The summed E-state index contributed by atoms with van der Waals surface area (Å²) in [6, 6.07) is 5.42. The molecule has 128 valence electrons. The minimum absolute atomic E-state index is 0.0958. The number of benzene rings is 1. The predicted molar refractivity (Wildman–Crippen MR) is 105 cm³/mol. The third-order valence-corrected chi connectivity index (χ3v) is 7.81. The van der Waals surface area contributed by atoms with Gasteiger partial charge < -0.3 is 5.32 Å². The van der Waals surface area contributed by atoms with Crippen LogP contribution in [0.25, 0.3) is 0 Å². The average Bonchev–Trinajstić information content (AvgIpc) is 2.57. The van der Waals surface area contributed by atoms with E-state index < -0.39 is 0 Å². The molecular formula is C19H28FNS2. The number of hydrogen-bond donors (Lipinski definition) is 1. The van der Waals surface area contributed by atoms with Crippen LogP contribution in [0, 0.1) is 11.7 Å². The van der Waals surface area contributed by atoms with E-state index in [1.54, 1.807) is 6.07 Å². The van der Waals surface area contributed by atoms with Crippen LogP contribution in [0.5, 0.6) is 0 Å². The fourth-order valence-corrected chi connectivity index (χ4v) is 5.78. The largest absolute Gasteiger partial charge is 0.362 e. The average molecular weight is 354 g/mol. The molecule has 1 aromatic rings. The molecule has 1 aliphatic rings. The Morgan fingerprint density at radius 1 is 1.35 bits per heavy atom. The van der Waals surface area contributed by atoms with Crippen molar-refractivity contribution in [3.05, 3.63) is 41.4 Å². The lowest BCUT2D eigenvalue weighted by Crippen LogP contribution is -2.20. The quantitative estimate of drug-likeness (QED) is 0.617. The summed E-state index contributed by atoms with van der Waals surface area (Å²) in [5, 5.41) is 3.39. The molecule has 1 saturated heterocycles. The van der Waals surface area contributed by atoms with Gasteiger partial charge in [0.2, 0.25) is 0 Å². The number of halogens is 1. The summed E-state index contributed by atoms with van der Waals surface area (Å²) in [5.74, 6) is 2.69. The predicted octanol–water partition coefficient (Wildman–Crippen LogP) is 6.62. The summed E-state index contributed by atoms with van der Waals surface area (Å²) in [6.45, 7) is 8.80. The van der Waals surface area contributed by atoms with E-state index in [1.807, 2.05) is 35.7 Å². The van der Waals surface area contributed by atoms with Gasteiger partial charge in [-0.15, -0.1) is 23.5 Å². The first kappa shape index (κ1) is 18.7. The van der Waals surface area contributed by atoms with E-state index >= 15 is 0 Å². The molecular weight excluding hydrogens is 325 g/mol. The monoisotopic (exact) mass is 353 g/mol. The van der Waals surface area contributed by atoms with Gasteiger partial charge in [-0.3, -0.25) is 0 Å². The van der Waals surface area contributed by atoms with Gasteiger partial charge in [0, 0.05) is 17.5 Å². The molecule has 0 spiro atoms. The molecule has 0 saturated carbocycles. The Bertz CT molecular complexity index is 550. The number of thioether (sulfide) groups is 2. The fourth-order valence-electron chi connectivity index (χ4n) is 2.78. The highest BCUT2D eigenvalue weighted by Gasteiger charge is 2.33. The van der Waals surface area contributed by atoms with Gasteiger partial charge in [-0.25, -0.2) is 4.39 Å². The number of allylic oxidation sites excluding steroid dienone is 1. The van der Waals surface area contributed by atoms with Gasteiger partial charge in [-0.2, -0.15) is 0 Å². The Kier molecular flexibility index (Phi) is 6.90. The van der Waals surface area contributed by atoms with E-state index in [1.165, 1.54) is 12.0 Å². The van der Waals surface area contributed by atoms with Crippen molar-refractivity contribution in [3.8, 4) is 0 Å². The van der Waals surface area contributed by atoms with Crippen molar-refractivity contribution in [2.24, 2.45) is 5.92 Å². The molecule has 0 aromatic heterocycles. The Morgan fingerprint density at radius 3 is 2.65 bits per heavy atom. The smallest absolute Gasteiger partial charge is 0.128 e. The summed E-state index contributed by atoms with van der Waals surface area (Å²) in [7, 11) is 0. The van der Waals surface area contributed by atoms with Crippen LogP contribution < -0.4 is 5.32 Å². The third kappa shape index (κ3) is 4.69. The first-order chi connectivity index (χ1) is 11.0. The van der Waals surface area contributed by atoms with Crippen molar-refractivity contribution < 1.29 is 4.39 Å². The van der Waals surface area contributed by atoms with Crippen LogP contribution in [0.3, 0.4) is 0 Å². The minimum atomic E-state index is -0.173. The molecule has 0 bridgehead atoms. The first-order valence-corrected chi connectivity index (χ1v) is 10.5. The van der Waals surface area contributed by atoms with Gasteiger partial charge in [0.1, 0.15) is 5.82 Å². The van der Waals surface area contributed by atoms with Gasteiger partial charge in [-0.1, -0.05) is 26.3 Å². The highest BCUT2D eigenvalue weighted by atomic mass is 32.2. The summed E-state index contributed by atoms with van der Waals surface area (Å²) >= 11 is 3.72. The fraction of sp³-hybridized carbons (Fsp3) is 0.579. The Labute approximate surface area is 148 Å². The van der Waals surface area contributed by atoms with Crippen LogP contribution >= 0.6 is 23.5 Å². The van der Waals surface area contributed by atoms with Crippen LogP contribution in [0.4, 0.5) is 10.1 Å². The Balaban J connectivity index is 2.21. The van der Waals surface area contributed by atoms with E-state index in [0.717, 1.165) is 35.6 Å². The van der Waals surface area contributed by atoms with E-state index in [-0.39, 0.29) is 9.90 Å². The highest BCUT2D eigenvalue weighted by molar-refractivity contribution is 8.18. The van der Waals surface area contributed by atoms with E-state index in [9.17, 15) is 4.39 Å². The molecule has 2 rings (SSSR count). The van der Waals surface area contributed by atoms with Gasteiger partial charge in [0.05, 0.1) is 4.08 Å². The molecule has 1 atom stereocenters. The van der Waals surface area contributed by atoms with Crippen molar-refractivity contribution in [1.29, 1.82) is 0 Å². The zero-order chi connectivity index (χ0) is 16.9. The maximum atomic E-state index is 14.4. The first-order valence-electron chi connectivity index (χ1n) is 8.53. The zero-order valence-electron chi connectivity index (χ0n) is 14.6. The molecule has 1 heterocycles. The Hall–Kier alpha value is -0.610. The van der Waals surface area contributed by atoms with Crippen LogP contribution in [-0.4, -0.2) is 11.5 Å². The second-order valence-electron chi connectivity index (χ2n) is 6.22. The van der Waals surface area contributed by atoms with Crippen molar-refractivity contribution in [1.82, 2.24) is 0 Å². The van der Waals surface area contributed by atoms with Crippen molar-refractivity contribution in [2.45, 2.75) is 51.0 Å². The molecule has 0 aliphatic carbocycles. The molecule has 1 nitrogen and oxygen atoms in total. The second-order valence-corrected chi connectivity index (χ2v) is 9.50. The number of anilines is 1. The molecule has 23 heavy (non-hydrogen) atoms. The van der Waals surface area contributed by atoms with Gasteiger partial charge >= 0.3 is 0 Å². The molecule has 4 heteroatoms. The van der Waals surface area contributed by atoms with E-state index in [2.05, 4.69) is 39.2 Å². The molecule has 0 amide bonds. The number of hydrogen-bond acceptors (Lipinski definition) is 3. The van der Waals surface area contributed by atoms with Crippen LogP contribution in [0.2, 0.25) is 0 Å². The molecule has 1 aliphatic heterocycles. The van der Waals surface area contributed by atoms with Gasteiger partial charge in [0.25, 0.3) is 0 Å². The summed E-state index contributed by atoms with van der Waals surface area (Å²) in [4.78, 5) is 0. The van der Waals surface area contributed by atoms with Crippen LogP contribution in [0.15, 0.2) is 30.0 Å². The Morgan fingerprint density at radius 2 is 2.04 bits per heavy atom. The lowest BCUT2D eigenvalue weighted by molar-refractivity contribution is 0.606. The highest BCUT2D eigenvalue weighted by Crippen LogP contribution is 2.50. The lowest BCUT2D eigenvalue weighted by atomic mass is 9.97. The maximum Gasteiger partial charge on any atom is 0.128 e. The van der Waals surface area contributed by atoms with E-state index in [0.29, 0.717) is 5.92 Å². The van der Waals surface area contributed by atoms with Crippen LogP contribution in [0.1, 0.15) is 52.5 Å². The van der Waals surface area contributed by atoms with Crippen molar-refractivity contribution in [2.75, 3.05) is 16.8 Å². The molecule has 1 unspecified atom stereocenters. The standard InChI is InChI=1S/C19H28FNS2/c1-5-14(3)15(6-2)13-21-16-8-9-18(20)17(12-16)19(4)22-10-7-11-23-19/h8-9,12-14,21H,5-7,10-11H2,1-4H3. The molecule has 0 radical (unpaired) electrons. The minimum Gasteiger partial charge on any atom is -0.362 e. The normalized spacial score (nSPS) is 19.4. The van der Waals surface area contributed by atoms with Crippen LogP contribution in [-0.2, 0) is 4.08 Å². The zero-order valence-corrected chi connectivity index (χ0v) is 16.2. The number of rotatable bonds is 6. The van der Waals surface area contributed by atoms with Gasteiger partial charge in [0.15, 0.2) is 0 Å². The topological polar surface area (TPSA) is 12.0 Å². The molecule has 1 aromatic carbocycles. The van der Waals surface area contributed by atoms with Crippen molar-refractivity contribution in [3.63, 3.8) is 0 Å². The van der Waals surface area contributed by atoms with Crippen molar-refractivity contribution >= 4 is 29.2 Å². The molecule has 1 fully saturated rings. The maximum absolute atomic E-state index is 14.4. The molecule has 1 N–H and O–H groups in total. The van der Waals surface area contributed by atoms with Gasteiger partial charge in [-0.05, 0) is 61.8 Å². The third-order valence-electron chi connectivity index (χ3n) is 4.58. The summed E-state index contributed by atoms with van der Waals surface area (Å²) in [6.07, 6.45) is 5.50. The summed E-state index contributed by atoms with van der Waals surface area (Å²) in [5.41, 5.74) is 3.20. The number of nitrogens with one attached hydrogen (secondary N) is 1. The SMILES string of the molecule is CCC(=CNc1ccc(F)c(C2(C)SCCCS2)c1)C(C)CC. The summed E-state index contributed by atoms with van der Waals surface area (Å²) < 4.78 is 14.2.